The Morgan fingerprint density at radius 2 is 2.10 bits per heavy atom. The van der Waals surface area contributed by atoms with Crippen LogP contribution in [-0.2, 0) is 6.54 Å². The van der Waals surface area contributed by atoms with Gasteiger partial charge in [-0.3, -0.25) is 4.99 Å². The summed E-state index contributed by atoms with van der Waals surface area (Å²) in [5.74, 6) is 2.23. The average molecular weight is 419 g/mol. The van der Waals surface area contributed by atoms with Gasteiger partial charge in [0, 0.05) is 37.7 Å². The van der Waals surface area contributed by atoms with E-state index in [1.807, 2.05) is 7.05 Å². The van der Waals surface area contributed by atoms with Crippen LogP contribution in [0.5, 0.6) is 0 Å². The molecule has 1 heterocycles. The summed E-state index contributed by atoms with van der Waals surface area (Å²) in [7, 11) is 1.88. The summed E-state index contributed by atoms with van der Waals surface area (Å²) in [6.45, 7) is 7.42. The van der Waals surface area contributed by atoms with Crippen LogP contribution in [0.4, 0.5) is 0 Å². The number of aryl methyl sites for hydroxylation is 1. The third-order valence-electron chi connectivity index (χ3n) is 3.68. The first-order valence-electron chi connectivity index (χ1n) is 7.35. The number of rotatable bonds is 3. The van der Waals surface area contributed by atoms with Gasteiger partial charge in [-0.05, 0) is 18.9 Å². The van der Waals surface area contributed by atoms with Gasteiger partial charge in [-0.2, -0.15) is 11.8 Å². The van der Waals surface area contributed by atoms with Gasteiger partial charge >= 0.3 is 0 Å². The Bertz CT molecular complexity index is 447. The molecule has 0 aromatic heterocycles. The molecule has 1 aromatic carbocycles. The summed E-state index contributed by atoms with van der Waals surface area (Å²) >= 11 is 2.09. The van der Waals surface area contributed by atoms with E-state index in [-0.39, 0.29) is 24.0 Å². The number of nitrogens with one attached hydrogen (secondary N) is 1. The van der Waals surface area contributed by atoms with E-state index in [0.29, 0.717) is 0 Å². The largest absolute Gasteiger partial charge is 0.352 e. The number of aliphatic imine (C=N–C) groups is 1. The number of thioether (sulfide) groups is 1. The Kier molecular flexibility index (Phi) is 8.48. The molecule has 0 spiro atoms. The normalized spacial score (nSPS) is 19.1. The molecule has 5 heteroatoms. The summed E-state index contributed by atoms with van der Waals surface area (Å²) in [6.07, 6.45) is 1.23. The average Bonchev–Trinajstić information content (AvgIpc) is 2.50. The van der Waals surface area contributed by atoms with E-state index in [1.165, 1.54) is 23.3 Å². The second-order valence-electron chi connectivity index (χ2n) is 5.23. The van der Waals surface area contributed by atoms with Crippen LogP contribution in [-0.4, -0.2) is 42.0 Å². The van der Waals surface area contributed by atoms with E-state index >= 15 is 0 Å². The summed E-state index contributed by atoms with van der Waals surface area (Å²) in [5, 5.41) is 4.22. The summed E-state index contributed by atoms with van der Waals surface area (Å²) < 4.78 is 0. The van der Waals surface area contributed by atoms with Gasteiger partial charge in [0.05, 0.1) is 0 Å². The van der Waals surface area contributed by atoms with Gasteiger partial charge < -0.3 is 10.2 Å². The Balaban J connectivity index is 0.00000220. The smallest absolute Gasteiger partial charge is 0.193 e. The third-order valence-corrected chi connectivity index (χ3v) is 5.05. The topological polar surface area (TPSA) is 27.6 Å². The number of halogens is 1. The van der Waals surface area contributed by atoms with Crippen molar-refractivity contribution >= 4 is 41.7 Å². The standard InChI is InChI=1S/C16H25N3S.HI/c1-4-15-12-19(9-10-20-15)16(17-3)18-11-14-7-5-13(2)6-8-14;/h5-8,15H,4,9-12H2,1-3H3,(H,17,18);1H. The molecule has 21 heavy (non-hydrogen) atoms. The van der Waals surface area contributed by atoms with Crippen molar-refractivity contribution in [3.05, 3.63) is 35.4 Å². The molecule has 0 amide bonds. The predicted molar refractivity (Wildman–Crippen MR) is 105 cm³/mol. The molecule has 1 aromatic rings. The van der Waals surface area contributed by atoms with Gasteiger partial charge in [0.1, 0.15) is 0 Å². The molecule has 0 radical (unpaired) electrons. The van der Waals surface area contributed by atoms with E-state index in [2.05, 4.69) is 65.1 Å². The monoisotopic (exact) mass is 419 g/mol. The molecule has 1 saturated heterocycles. The van der Waals surface area contributed by atoms with E-state index in [9.17, 15) is 0 Å². The van der Waals surface area contributed by atoms with Gasteiger partial charge in [-0.25, -0.2) is 0 Å². The van der Waals surface area contributed by atoms with Gasteiger partial charge in [0.15, 0.2) is 5.96 Å². The fraction of sp³-hybridized carbons (Fsp3) is 0.562. The van der Waals surface area contributed by atoms with E-state index in [4.69, 9.17) is 0 Å². The number of hydrogen-bond donors (Lipinski definition) is 1. The number of hydrogen-bond acceptors (Lipinski definition) is 2. The lowest BCUT2D eigenvalue weighted by Gasteiger charge is -2.34. The molecular weight excluding hydrogens is 393 g/mol. The van der Waals surface area contributed by atoms with Crippen molar-refractivity contribution in [1.82, 2.24) is 10.2 Å². The molecule has 2 rings (SSSR count). The molecule has 3 nitrogen and oxygen atoms in total. The van der Waals surface area contributed by atoms with Crippen LogP contribution in [0, 0.1) is 6.92 Å². The highest BCUT2D eigenvalue weighted by Gasteiger charge is 2.21. The van der Waals surface area contributed by atoms with Crippen molar-refractivity contribution in [3.63, 3.8) is 0 Å². The van der Waals surface area contributed by atoms with Crippen LogP contribution >= 0.6 is 35.7 Å². The maximum absolute atomic E-state index is 4.44. The van der Waals surface area contributed by atoms with Gasteiger partial charge in [0.25, 0.3) is 0 Å². The zero-order valence-electron chi connectivity index (χ0n) is 13.1. The second kappa shape index (κ2) is 9.56. The minimum Gasteiger partial charge on any atom is -0.352 e. The molecule has 0 aliphatic carbocycles. The highest BCUT2D eigenvalue weighted by molar-refractivity contribution is 14.0. The summed E-state index contributed by atoms with van der Waals surface area (Å²) in [5.41, 5.74) is 2.60. The molecule has 118 valence electrons. The van der Waals surface area contributed by atoms with Gasteiger partial charge in [-0.15, -0.1) is 24.0 Å². The second-order valence-corrected chi connectivity index (χ2v) is 6.64. The van der Waals surface area contributed by atoms with Crippen LogP contribution in [0.2, 0.25) is 0 Å². The quantitative estimate of drug-likeness (QED) is 0.462. The Labute approximate surface area is 150 Å². The maximum atomic E-state index is 4.44. The minimum atomic E-state index is 0. The van der Waals surface area contributed by atoms with Crippen molar-refractivity contribution in [2.24, 2.45) is 4.99 Å². The Morgan fingerprint density at radius 1 is 1.38 bits per heavy atom. The van der Waals surface area contributed by atoms with Gasteiger partial charge in [-0.1, -0.05) is 36.8 Å². The van der Waals surface area contributed by atoms with Crippen molar-refractivity contribution in [2.75, 3.05) is 25.9 Å². The first-order chi connectivity index (χ1) is 9.72. The molecule has 1 unspecified atom stereocenters. The third kappa shape index (κ3) is 5.70. The van der Waals surface area contributed by atoms with Crippen LogP contribution in [0.25, 0.3) is 0 Å². The zero-order chi connectivity index (χ0) is 14.4. The Morgan fingerprint density at radius 3 is 2.71 bits per heavy atom. The minimum absolute atomic E-state index is 0. The van der Waals surface area contributed by atoms with Crippen molar-refractivity contribution in [1.29, 1.82) is 0 Å². The maximum Gasteiger partial charge on any atom is 0.193 e. The molecule has 0 bridgehead atoms. The first-order valence-corrected chi connectivity index (χ1v) is 8.40. The van der Waals surface area contributed by atoms with E-state index < -0.39 is 0 Å². The fourth-order valence-electron chi connectivity index (χ4n) is 2.38. The van der Waals surface area contributed by atoms with E-state index in [1.54, 1.807) is 0 Å². The lowest BCUT2D eigenvalue weighted by Crippen LogP contribution is -2.47. The Hall–Kier alpha value is -0.430. The van der Waals surface area contributed by atoms with E-state index in [0.717, 1.165) is 30.8 Å². The molecule has 0 saturated carbocycles. The highest BCUT2D eigenvalue weighted by atomic mass is 127. The summed E-state index contributed by atoms with van der Waals surface area (Å²) in [6, 6.07) is 8.67. The summed E-state index contributed by atoms with van der Waals surface area (Å²) in [4.78, 5) is 6.82. The van der Waals surface area contributed by atoms with Crippen LogP contribution in [0.15, 0.2) is 29.3 Å². The SMILES string of the molecule is CCC1CN(C(=NC)NCc2ccc(C)cc2)CCS1.I. The van der Waals surface area contributed by atoms with Crippen LogP contribution in [0.3, 0.4) is 0 Å². The van der Waals surface area contributed by atoms with Crippen molar-refractivity contribution in [2.45, 2.75) is 32.1 Å². The molecule has 1 fully saturated rings. The molecule has 1 aliphatic rings. The van der Waals surface area contributed by atoms with Gasteiger partial charge in [0.2, 0.25) is 0 Å². The van der Waals surface area contributed by atoms with Crippen LogP contribution < -0.4 is 5.32 Å². The first kappa shape index (κ1) is 18.6. The van der Waals surface area contributed by atoms with Crippen molar-refractivity contribution < 1.29 is 0 Å². The number of benzene rings is 1. The fourth-order valence-corrected chi connectivity index (χ4v) is 3.56. The molecule has 1 atom stereocenters. The highest BCUT2D eigenvalue weighted by Crippen LogP contribution is 2.21. The zero-order valence-corrected chi connectivity index (χ0v) is 16.3. The lowest BCUT2D eigenvalue weighted by atomic mass is 10.1. The van der Waals surface area contributed by atoms with Crippen LogP contribution in [0.1, 0.15) is 24.5 Å². The lowest BCUT2D eigenvalue weighted by molar-refractivity contribution is 0.408. The number of guanidine groups is 1. The molecule has 1 aliphatic heterocycles. The molecule has 1 N–H and O–H groups in total. The number of nitrogens with zero attached hydrogens (tertiary/aromatic N) is 2. The van der Waals surface area contributed by atoms with Crippen molar-refractivity contribution in [3.8, 4) is 0 Å². The predicted octanol–water partition coefficient (Wildman–Crippen LogP) is 3.52. The molecular formula is C16H26IN3S.